The van der Waals surface area contributed by atoms with Gasteiger partial charge in [0.2, 0.25) is 5.91 Å². The Morgan fingerprint density at radius 3 is 2.55 bits per heavy atom. The van der Waals surface area contributed by atoms with Crippen molar-refractivity contribution in [1.29, 1.82) is 0 Å². The molecule has 1 aliphatic carbocycles. The van der Waals surface area contributed by atoms with E-state index >= 15 is 0 Å². The normalized spacial score (nSPS) is 16.4. The number of hydrogen-bond acceptors (Lipinski definition) is 3. The second kappa shape index (κ2) is 7.20. The van der Waals surface area contributed by atoms with Crippen LogP contribution in [0.2, 0.25) is 0 Å². The van der Waals surface area contributed by atoms with Crippen molar-refractivity contribution in [3.8, 4) is 0 Å². The van der Waals surface area contributed by atoms with Crippen LogP contribution in [0.3, 0.4) is 0 Å². The maximum Gasteiger partial charge on any atom is 0.234 e. The molecule has 0 spiro atoms. The van der Waals surface area contributed by atoms with Crippen LogP contribution in [0.1, 0.15) is 31.2 Å². The number of benzene rings is 1. The van der Waals surface area contributed by atoms with Crippen molar-refractivity contribution in [2.24, 2.45) is 0 Å². The van der Waals surface area contributed by atoms with Crippen LogP contribution in [0, 0.1) is 0 Å². The molecule has 1 aromatic carbocycles. The number of hydrogen-bond donors (Lipinski definition) is 1. The Bertz CT molecular complexity index is 449. The Hall–Kier alpha value is -1.68. The van der Waals surface area contributed by atoms with Gasteiger partial charge in [-0.1, -0.05) is 30.3 Å². The van der Waals surface area contributed by atoms with E-state index in [1.54, 1.807) is 0 Å². The first-order valence-corrected chi connectivity index (χ1v) is 7.17. The van der Waals surface area contributed by atoms with Crippen LogP contribution >= 0.6 is 0 Å². The highest BCUT2D eigenvalue weighted by Gasteiger charge is 2.23. The molecule has 108 valence electrons. The number of likely N-dealkylation sites (N-methyl/N-ethyl adjacent to an activating group) is 1. The lowest BCUT2D eigenvalue weighted by Gasteiger charge is -2.30. The topological polar surface area (TPSA) is 49.4 Å². The summed E-state index contributed by atoms with van der Waals surface area (Å²) in [6.07, 6.45) is 3.06. The van der Waals surface area contributed by atoms with E-state index in [0.29, 0.717) is 37.8 Å². The Balaban J connectivity index is 1.72. The fourth-order valence-electron chi connectivity index (χ4n) is 2.57. The van der Waals surface area contributed by atoms with Gasteiger partial charge in [0.15, 0.2) is 0 Å². The zero-order valence-electron chi connectivity index (χ0n) is 12.0. The molecule has 0 heterocycles. The second-order valence-electron chi connectivity index (χ2n) is 5.45. The summed E-state index contributed by atoms with van der Waals surface area (Å²) in [5.74, 6) is 0.386. The third kappa shape index (κ3) is 4.46. The number of rotatable bonds is 5. The van der Waals surface area contributed by atoms with Gasteiger partial charge in [-0.05, 0) is 25.5 Å². The lowest BCUT2D eigenvalue weighted by Crippen LogP contribution is -2.42. The van der Waals surface area contributed by atoms with Crippen molar-refractivity contribution in [3.63, 3.8) is 0 Å². The van der Waals surface area contributed by atoms with Crippen molar-refractivity contribution in [1.82, 2.24) is 10.2 Å². The average Bonchev–Trinajstić information content (AvgIpc) is 2.47. The molecule has 1 saturated carbocycles. The first-order valence-electron chi connectivity index (χ1n) is 7.17. The zero-order chi connectivity index (χ0) is 14.4. The summed E-state index contributed by atoms with van der Waals surface area (Å²) in [5.41, 5.74) is 1.10. The monoisotopic (exact) mass is 274 g/mol. The van der Waals surface area contributed by atoms with Gasteiger partial charge < -0.3 is 5.32 Å². The minimum absolute atomic E-state index is 0.0354. The van der Waals surface area contributed by atoms with E-state index in [-0.39, 0.29) is 5.91 Å². The molecule has 0 atom stereocenters. The Labute approximate surface area is 120 Å². The van der Waals surface area contributed by atoms with E-state index in [9.17, 15) is 9.59 Å². The maximum atomic E-state index is 11.9. The van der Waals surface area contributed by atoms with Crippen LogP contribution in [0.5, 0.6) is 0 Å². The fraction of sp³-hybridized carbons (Fsp3) is 0.500. The number of Topliss-reactive ketones (excluding diaryl/α,β-unsaturated/α-hetero) is 1. The molecular formula is C16H22N2O2. The van der Waals surface area contributed by atoms with Crippen molar-refractivity contribution in [3.05, 3.63) is 35.9 Å². The second-order valence-corrected chi connectivity index (χ2v) is 5.45. The van der Waals surface area contributed by atoms with Crippen LogP contribution in [0.15, 0.2) is 30.3 Å². The van der Waals surface area contributed by atoms with Crippen molar-refractivity contribution in [2.75, 3.05) is 13.6 Å². The molecule has 4 heteroatoms. The fourth-order valence-corrected chi connectivity index (χ4v) is 2.57. The highest BCUT2D eigenvalue weighted by Crippen LogP contribution is 2.19. The molecule has 1 fully saturated rings. The van der Waals surface area contributed by atoms with Gasteiger partial charge in [-0.15, -0.1) is 0 Å². The van der Waals surface area contributed by atoms with Crippen LogP contribution in [0.4, 0.5) is 0 Å². The number of carbonyl (C=O) groups is 2. The molecule has 20 heavy (non-hydrogen) atoms. The largest absolute Gasteiger partial charge is 0.351 e. The molecule has 0 aromatic heterocycles. The summed E-state index contributed by atoms with van der Waals surface area (Å²) < 4.78 is 0. The summed E-state index contributed by atoms with van der Waals surface area (Å²) in [7, 11) is 1.96. The summed E-state index contributed by atoms with van der Waals surface area (Å²) >= 11 is 0. The van der Waals surface area contributed by atoms with E-state index in [0.717, 1.165) is 18.4 Å². The predicted octanol–water partition coefficient (Wildman–Crippen LogP) is 1.75. The Morgan fingerprint density at radius 1 is 1.25 bits per heavy atom. The highest BCUT2D eigenvalue weighted by atomic mass is 16.2. The van der Waals surface area contributed by atoms with E-state index in [1.807, 2.05) is 37.4 Å². The summed E-state index contributed by atoms with van der Waals surface area (Å²) in [5, 5.41) is 2.93. The summed E-state index contributed by atoms with van der Waals surface area (Å²) in [4.78, 5) is 25.2. The molecule has 0 aliphatic heterocycles. The van der Waals surface area contributed by atoms with E-state index < -0.39 is 0 Å². The lowest BCUT2D eigenvalue weighted by molar-refractivity contribution is -0.123. The molecular weight excluding hydrogens is 252 g/mol. The molecule has 0 bridgehead atoms. The predicted molar refractivity (Wildman–Crippen MR) is 78.2 cm³/mol. The first kappa shape index (κ1) is 14.7. The minimum atomic E-state index is 0.0354. The van der Waals surface area contributed by atoms with Gasteiger partial charge in [0.1, 0.15) is 5.78 Å². The van der Waals surface area contributed by atoms with Crippen molar-refractivity contribution in [2.45, 2.75) is 38.3 Å². The van der Waals surface area contributed by atoms with Gasteiger partial charge in [0.05, 0.1) is 6.54 Å². The number of amides is 1. The maximum absolute atomic E-state index is 11.9. The molecule has 4 nitrogen and oxygen atoms in total. The smallest absolute Gasteiger partial charge is 0.234 e. The third-order valence-corrected chi connectivity index (χ3v) is 3.86. The van der Waals surface area contributed by atoms with Gasteiger partial charge in [-0.2, -0.15) is 0 Å². The molecule has 0 saturated heterocycles. The molecule has 1 aliphatic rings. The summed E-state index contributed by atoms with van der Waals surface area (Å²) in [6, 6.07) is 10.2. The third-order valence-electron chi connectivity index (χ3n) is 3.86. The van der Waals surface area contributed by atoms with Gasteiger partial charge >= 0.3 is 0 Å². The number of nitrogens with one attached hydrogen (secondary N) is 1. The SMILES string of the molecule is CN(CC(=O)NCc1ccccc1)C1CCC(=O)CC1. The number of nitrogens with zero attached hydrogens (tertiary/aromatic N) is 1. The van der Waals surface area contributed by atoms with Gasteiger partial charge in [0.25, 0.3) is 0 Å². The minimum Gasteiger partial charge on any atom is -0.351 e. The van der Waals surface area contributed by atoms with Gasteiger partial charge in [-0.25, -0.2) is 0 Å². The van der Waals surface area contributed by atoms with E-state index in [1.165, 1.54) is 0 Å². The van der Waals surface area contributed by atoms with Crippen LogP contribution in [0.25, 0.3) is 0 Å². The number of carbonyl (C=O) groups excluding carboxylic acids is 2. The van der Waals surface area contributed by atoms with Crippen LogP contribution in [-0.4, -0.2) is 36.2 Å². The standard InChI is InChI=1S/C16H22N2O2/c1-18(14-7-9-15(19)10-8-14)12-16(20)17-11-13-5-3-2-4-6-13/h2-6,14H,7-12H2,1H3,(H,17,20). The number of ketones is 1. The van der Waals surface area contributed by atoms with E-state index in [4.69, 9.17) is 0 Å². The van der Waals surface area contributed by atoms with E-state index in [2.05, 4.69) is 10.2 Å². The van der Waals surface area contributed by atoms with Crippen molar-refractivity contribution >= 4 is 11.7 Å². The quantitative estimate of drug-likeness (QED) is 0.890. The van der Waals surface area contributed by atoms with Gasteiger partial charge in [-0.3, -0.25) is 14.5 Å². The van der Waals surface area contributed by atoms with Crippen LogP contribution in [-0.2, 0) is 16.1 Å². The average molecular weight is 274 g/mol. The molecule has 0 unspecified atom stereocenters. The molecule has 1 aromatic rings. The highest BCUT2D eigenvalue weighted by molar-refractivity contribution is 5.79. The molecule has 2 rings (SSSR count). The lowest BCUT2D eigenvalue weighted by atomic mass is 9.93. The zero-order valence-corrected chi connectivity index (χ0v) is 12.0. The van der Waals surface area contributed by atoms with Crippen LogP contribution < -0.4 is 5.32 Å². The molecule has 1 amide bonds. The van der Waals surface area contributed by atoms with Gasteiger partial charge in [0, 0.05) is 25.4 Å². The Kier molecular flexibility index (Phi) is 5.30. The first-order chi connectivity index (χ1) is 9.65. The summed E-state index contributed by atoms with van der Waals surface area (Å²) in [6.45, 7) is 0.961. The molecule has 1 N–H and O–H groups in total. The Morgan fingerprint density at radius 2 is 1.90 bits per heavy atom. The molecule has 0 radical (unpaired) electrons. The van der Waals surface area contributed by atoms with Crippen molar-refractivity contribution < 1.29 is 9.59 Å².